The first kappa shape index (κ1) is 13.5. The Balaban J connectivity index is 1.68. The van der Waals surface area contributed by atoms with E-state index in [0.29, 0.717) is 5.92 Å². The van der Waals surface area contributed by atoms with Gasteiger partial charge in [0.25, 0.3) is 0 Å². The lowest BCUT2D eigenvalue weighted by molar-refractivity contribution is 0.103. The van der Waals surface area contributed by atoms with Gasteiger partial charge in [0.2, 0.25) is 0 Å². The summed E-state index contributed by atoms with van der Waals surface area (Å²) in [5.41, 5.74) is 7.43. The Bertz CT molecular complexity index is 801. The van der Waals surface area contributed by atoms with Crippen LogP contribution < -0.4 is 0 Å². The molecule has 1 fully saturated rings. The number of hydrogen-bond donors (Lipinski definition) is 0. The molecule has 1 unspecified atom stereocenters. The lowest BCUT2D eigenvalue weighted by Crippen LogP contribution is -2.28. The third-order valence-electron chi connectivity index (χ3n) is 5.91. The highest BCUT2D eigenvalue weighted by molar-refractivity contribution is 6.13. The summed E-state index contributed by atoms with van der Waals surface area (Å²) in [6, 6.07) is 12.5. The van der Waals surface area contributed by atoms with Crippen LogP contribution in [0.25, 0.3) is 0 Å². The van der Waals surface area contributed by atoms with Gasteiger partial charge in [-0.3, -0.25) is 9.69 Å². The maximum Gasteiger partial charge on any atom is 0.193 e. The van der Waals surface area contributed by atoms with Crippen molar-refractivity contribution in [3.63, 3.8) is 0 Å². The van der Waals surface area contributed by atoms with E-state index in [4.69, 9.17) is 0 Å². The summed E-state index contributed by atoms with van der Waals surface area (Å²) in [4.78, 5) is 15.5. The normalized spacial score (nSPS) is 22.3. The molecule has 116 valence electrons. The summed E-state index contributed by atoms with van der Waals surface area (Å²) in [7, 11) is 0. The molecule has 0 N–H and O–H groups in total. The van der Waals surface area contributed by atoms with Crippen molar-refractivity contribution in [1.82, 2.24) is 4.90 Å². The minimum atomic E-state index is 0.225. The Morgan fingerprint density at radius 2 is 1.83 bits per heavy atom. The molecule has 2 aromatic carbocycles. The number of benzene rings is 2. The van der Waals surface area contributed by atoms with Gasteiger partial charge in [-0.1, -0.05) is 36.4 Å². The molecule has 1 aliphatic heterocycles. The smallest absolute Gasteiger partial charge is 0.193 e. The molecule has 23 heavy (non-hydrogen) atoms. The van der Waals surface area contributed by atoms with Gasteiger partial charge in [0.05, 0.1) is 0 Å². The molecule has 2 nitrogen and oxygen atoms in total. The van der Waals surface area contributed by atoms with Gasteiger partial charge in [0.15, 0.2) is 5.78 Å². The van der Waals surface area contributed by atoms with Crippen LogP contribution in [0, 0.1) is 0 Å². The van der Waals surface area contributed by atoms with Gasteiger partial charge in [-0.15, -0.1) is 0 Å². The fourth-order valence-corrected chi connectivity index (χ4v) is 4.80. The number of nitrogens with zero attached hydrogens (tertiary/aromatic N) is 1. The standard InChI is InChI=1S/C21H21NO/c23-21-17-6-2-1-5-15(17)16-9-7-14-8-10-18(21)20(16)19(14)13-22-11-3-4-12-22/h1-2,5-6,8,10,16H,3-4,7,9,11-13H2. The van der Waals surface area contributed by atoms with E-state index in [9.17, 15) is 4.79 Å². The zero-order valence-corrected chi connectivity index (χ0v) is 13.3. The zero-order chi connectivity index (χ0) is 15.4. The van der Waals surface area contributed by atoms with Gasteiger partial charge in [-0.05, 0) is 61.0 Å². The number of fused-ring (bicyclic) bond motifs is 3. The van der Waals surface area contributed by atoms with Gasteiger partial charge < -0.3 is 0 Å². The zero-order valence-electron chi connectivity index (χ0n) is 13.3. The van der Waals surface area contributed by atoms with E-state index in [1.165, 1.54) is 48.2 Å². The second kappa shape index (κ2) is 5.04. The first-order valence-electron chi connectivity index (χ1n) is 8.83. The SMILES string of the molecule is O=C1c2ccccc2C2CCc3ccc1c2c3CN1CCCC1. The third-order valence-corrected chi connectivity index (χ3v) is 5.91. The van der Waals surface area contributed by atoms with E-state index < -0.39 is 0 Å². The minimum absolute atomic E-state index is 0.225. The van der Waals surface area contributed by atoms with Gasteiger partial charge in [-0.25, -0.2) is 0 Å². The van der Waals surface area contributed by atoms with Crippen LogP contribution in [0.3, 0.4) is 0 Å². The molecule has 2 aromatic rings. The second-order valence-corrected chi connectivity index (χ2v) is 7.16. The molecule has 5 rings (SSSR count). The highest BCUT2D eigenvalue weighted by Gasteiger charge is 2.36. The van der Waals surface area contributed by atoms with Crippen LogP contribution in [-0.4, -0.2) is 23.8 Å². The van der Waals surface area contributed by atoms with E-state index in [-0.39, 0.29) is 5.78 Å². The summed E-state index contributed by atoms with van der Waals surface area (Å²) < 4.78 is 0. The molecule has 0 saturated carbocycles. The number of hydrogen-bond acceptors (Lipinski definition) is 2. The summed E-state index contributed by atoms with van der Waals surface area (Å²) in [6.45, 7) is 3.45. The van der Waals surface area contributed by atoms with Crippen molar-refractivity contribution >= 4 is 5.78 Å². The van der Waals surface area contributed by atoms with E-state index in [2.05, 4.69) is 29.2 Å². The predicted molar refractivity (Wildman–Crippen MR) is 91.0 cm³/mol. The maximum atomic E-state index is 13.0. The van der Waals surface area contributed by atoms with Crippen LogP contribution in [0.5, 0.6) is 0 Å². The molecule has 0 spiro atoms. The van der Waals surface area contributed by atoms with Gasteiger partial charge in [-0.2, -0.15) is 0 Å². The second-order valence-electron chi connectivity index (χ2n) is 7.16. The van der Waals surface area contributed by atoms with Gasteiger partial charge in [0.1, 0.15) is 0 Å². The molecule has 0 radical (unpaired) electrons. The third kappa shape index (κ3) is 1.94. The highest BCUT2D eigenvalue weighted by atomic mass is 16.1. The lowest BCUT2D eigenvalue weighted by atomic mass is 9.69. The number of rotatable bonds is 2. The Morgan fingerprint density at radius 3 is 2.70 bits per heavy atom. The average molecular weight is 303 g/mol. The molecule has 0 aromatic heterocycles. The van der Waals surface area contributed by atoms with Crippen molar-refractivity contribution in [2.75, 3.05) is 13.1 Å². The summed E-state index contributed by atoms with van der Waals surface area (Å²) in [5, 5.41) is 0. The van der Waals surface area contributed by atoms with E-state index >= 15 is 0 Å². The van der Waals surface area contributed by atoms with Crippen molar-refractivity contribution in [2.45, 2.75) is 38.1 Å². The van der Waals surface area contributed by atoms with Crippen molar-refractivity contribution in [3.8, 4) is 0 Å². The fraction of sp³-hybridized carbons (Fsp3) is 0.381. The monoisotopic (exact) mass is 303 g/mol. The van der Waals surface area contributed by atoms with Crippen LogP contribution >= 0.6 is 0 Å². The predicted octanol–water partition coefficient (Wildman–Crippen LogP) is 3.90. The average Bonchev–Trinajstić information content (AvgIpc) is 3.08. The van der Waals surface area contributed by atoms with Crippen molar-refractivity contribution in [3.05, 3.63) is 69.8 Å². The maximum absolute atomic E-state index is 13.0. The van der Waals surface area contributed by atoms with E-state index in [1.807, 2.05) is 12.1 Å². The molecular formula is C21H21NO. The number of aryl methyl sites for hydroxylation is 1. The lowest BCUT2D eigenvalue weighted by Gasteiger charge is -2.35. The number of carbonyl (C=O) groups excluding carboxylic acids is 1. The summed E-state index contributed by atoms with van der Waals surface area (Å²) >= 11 is 0. The van der Waals surface area contributed by atoms with Crippen molar-refractivity contribution < 1.29 is 4.79 Å². The number of likely N-dealkylation sites (tertiary alicyclic amines) is 1. The van der Waals surface area contributed by atoms with Crippen LogP contribution in [0.15, 0.2) is 36.4 Å². The largest absolute Gasteiger partial charge is 0.299 e. The molecule has 2 aliphatic carbocycles. The molecule has 0 amide bonds. The molecule has 1 saturated heterocycles. The molecule has 1 heterocycles. The topological polar surface area (TPSA) is 20.3 Å². The Hall–Kier alpha value is -1.93. The van der Waals surface area contributed by atoms with Crippen LogP contribution in [0.1, 0.15) is 63.4 Å². The molecular weight excluding hydrogens is 282 g/mol. The Morgan fingerprint density at radius 1 is 1.00 bits per heavy atom. The molecule has 2 heteroatoms. The molecule has 1 atom stereocenters. The van der Waals surface area contributed by atoms with E-state index in [1.54, 1.807) is 0 Å². The van der Waals surface area contributed by atoms with Crippen molar-refractivity contribution in [2.24, 2.45) is 0 Å². The minimum Gasteiger partial charge on any atom is -0.299 e. The quantitative estimate of drug-likeness (QED) is 0.838. The number of ketones is 1. The van der Waals surface area contributed by atoms with E-state index in [0.717, 1.165) is 30.5 Å². The first-order chi connectivity index (χ1) is 11.3. The van der Waals surface area contributed by atoms with Gasteiger partial charge in [0, 0.05) is 23.6 Å². The summed E-state index contributed by atoms with van der Waals surface area (Å²) in [5.74, 6) is 0.646. The molecule has 2 bridgehead atoms. The van der Waals surface area contributed by atoms with Crippen LogP contribution in [-0.2, 0) is 13.0 Å². The van der Waals surface area contributed by atoms with Crippen molar-refractivity contribution in [1.29, 1.82) is 0 Å². The van der Waals surface area contributed by atoms with Gasteiger partial charge >= 0.3 is 0 Å². The summed E-state index contributed by atoms with van der Waals surface area (Å²) in [6.07, 6.45) is 4.92. The first-order valence-corrected chi connectivity index (χ1v) is 8.83. The highest BCUT2D eigenvalue weighted by Crippen LogP contribution is 2.45. The van der Waals surface area contributed by atoms with Crippen LogP contribution in [0.2, 0.25) is 0 Å². The Labute approximate surface area is 137 Å². The fourth-order valence-electron chi connectivity index (χ4n) is 4.80. The number of carbonyl (C=O) groups is 1. The molecule has 3 aliphatic rings. The Kier molecular flexibility index (Phi) is 2.96. The van der Waals surface area contributed by atoms with Crippen LogP contribution in [0.4, 0.5) is 0 Å².